The maximum absolute atomic E-state index is 13.3. The van der Waals surface area contributed by atoms with E-state index < -0.39 is 101 Å². The topological polar surface area (TPSA) is 231 Å². The molecule has 13 heteroatoms. The van der Waals surface area contributed by atoms with Crippen molar-refractivity contribution in [1.82, 2.24) is 0 Å². The molecule has 2 aromatic carbocycles. The molecule has 0 unspecified atom stereocenters. The molecule has 9 N–H and O–H groups in total. The van der Waals surface area contributed by atoms with E-state index in [2.05, 4.69) is 0 Å². The zero-order valence-electron chi connectivity index (χ0n) is 19.6. The van der Waals surface area contributed by atoms with Gasteiger partial charge >= 0.3 is 0 Å². The summed E-state index contributed by atoms with van der Waals surface area (Å²) in [5, 5.41) is 93.1. The van der Waals surface area contributed by atoms with E-state index in [9.17, 15) is 50.8 Å². The first kappa shape index (κ1) is 26.3. The number of aromatic hydroxyl groups is 3. The molecule has 1 aromatic heterocycles. The zero-order chi connectivity index (χ0) is 27.5. The Labute approximate surface area is 213 Å². The van der Waals surface area contributed by atoms with E-state index in [0.29, 0.717) is 5.56 Å². The molecule has 0 amide bonds. The molecular formula is C25H26O13. The number of phenols is 3. The molecule has 0 saturated carbocycles. The van der Waals surface area contributed by atoms with Gasteiger partial charge in [-0.05, 0) is 24.3 Å². The van der Waals surface area contributed by atoms with E-state index in [1.807, 2.05) is 0 Å². The number of aliphatic hydroxyl groups is 6. The van der Waals surface area contributed by atoms with Gasteiger partial charge in [-0.3, -0.25) is 4.79 Å². The number of hydrogen-bond acceptors (Lipinski definition) is 13. The van der Waals surface area contributed by atoms with Crippen molar-refractivity contribution in [3.63, 3.8) is 0 Å². The Morgan fingerprint density at radius 2 is 1.21 bits per heavy atom. The van der Waals surface area contributed by atoms with E-state index in [1.54, 1.807) is 0 Å². The number of hydrogen-bond donors (Lipinski definition) is 9. The normalized spacial score (nSPS) is 31.9. The lowest BCUT2D eigenvalue weighted by Gasteiger charge is -2.38. The summed E-state index contributed by atoms with van der Waals surface area (Å²) in [5.74, 6) is -1.80. The molecule has 2 saturated heterocycles. The first-order valence-electron chi connectivity index (χ1n) is 11.7. The van der Waals surface area contributed by atoms with E-state index in [4.69, 9.17) is 13.9 Å². The second-order valence-corrected chi connectivity index (χ2v) is 9.36. The van der Waals surface area contributed by atoms with E-state index in [1.165, 1.54) is 24.3 Å². The molecule has 2 fully saturated rings. The van der Waals surface area contributed by atoms with Gasteiger partial charge in [-0.2, -0.15) is 0 Å². The van der Waals surface area contributed by atoms with Gasteiger partial charge in [0.1, 0.15) is 77.2 Å². The van der Waals surface area contributed by atoms with Crippen LogP contribution in [0, 0.1) is 0 Å². The van der Waals surface area contributed by atoms with Crippen molar-refractivity contribution in [2.45, 2.75) is 48.8 Å². The second-order valence-electron chi connectivity index (χ2n) is 9.36. The molecule has 8 atom stereocenters. The summed E-state index contributed by atoms with van der Waals surface area (Å²) in [6.45, 7) is -0.966. The lowest BCUT2D eigenvalue weighted by atomic mass is 9.87. The molecule has 3 heterocycles. The molecule has 2 aliphatic rings. The van der Waals surface area contributed by atoms with Gasteiger partial charge in [-0.25, -0.2) is 0 Å². The van der Waals surface area contributed by atoms with Crippen molar-refractivity contribution >= 4 is 11.0 Å². The molecule has 0 spiro atoms. The molecule has 38 heavy (non-hydrogen) atoms. The Balaban J connectivity index is 1.80. The maximum atomic E-state index is 13.3. The predicted molar refractivity (Wildman–Crippen MR) is 126 cm³/mol. The van der Waals surface area contributed by atoms with E-state index >= 15 is 0 Å². The summed E-state index contributed by atoms with van der Waals surface area (Å²) < 4.78 is 16.8. The van der Waals surface area contributed by atoms with Gasteiger partial charge in [0.25, 0.3) is 0 Å². The zero-order valence-corrected chi connectivity index (χ0v) is 19.6. The van der Waals surface area contributed by atoms with E-state index in [-0.39, 0.29) is 11.5 Å². The minimum absolute atomic E-state index is 0.0475. The highest BCUT2D eigenvalue weighted by atomic mass is 16.5. The minimum Gasteiger partial charge on any atom is -0.508 e. The average molecular weight is 534 g/mol. The van der Waals surface area contributed by atoms with Gasteiger partial charge in [0, 0.05) is 11.6 Å². The number of fused-ring (bicyclic) bond motifs is 1. The second kappa shape index (κ2) is 9.80. The Morgan fingerprint density at radius 1 is 0.684 bits per heavy atom. The van der Waals surface area contributed by atoms with Crippen molar-refractivity contribution in [1.29, 1.82) is 0 Å². The van der Waals surface area contributed by atoms with Crippen molar-refractivity contribution in [3.8, 4) is 28.6 Å². The number of phenolic OH excluding ortho intramolecular Hbond substituents is 3. The summed E-state index contributed by atoms with van der Waals surface area (Å²) >= 11 is 0. The monoisotopic (exact) mass is 534 g/mol. The number of rotatable bonds is 3. The molecule has 0 radical (unpaired) electrons. The fourth-order valence-corrected chi connectivity index (χ4v) is 4.83. The molecule has 204 valence electrons. The Morgan fingerprint density at radius 3 is 1.76 bits per heavy atom. The number of benzene rings is 2. The van der Waals surface area contributed by atoms with Crippen LogP contribution in [0.2, 0.25) is 0 Å². The van der Waals surface area contributed by atoms with Gasteiger partial charge < -0.3 is 59.8 Å². The molecular weight excluding hydrogens is 508 g/mol. The summed E-state index contributed by atoms with van der Waals surface area (Å²) in [5.41, 5.74) is -1.86. The van der Waals surface area contributed by atoms with Crippen LogP contribution >= 0.6 is 0 Å². The highest BCUT2D eigenvalue weighted by Crippen LogP contribution is 2.50. The number of ether oxygens (including phenoxy) is 2. The quantitative estimate of drug-likeness (QED) is 0.194. The summed E-state index contributed by atoms with van der Waals surface area (Å²) in [7, 11) is 0. The lowest BCUT2D eigenvalue weighted by molar-refractivity contribution is -0.191. The standard InChI is InChI=1S/C25H26O13/c26-9-3-1-8(2-4-9)13-5-10(27)14-19(32)15(24-21(34)17(30)11(28)6-36-24)20(33)16(23(14)38-13)25-22(35)18(31)12(29)7-37-25/h1-5,11-12,17-18,21-22,24-26,28-35H,6-7H2/t11-,12-,17-,18-,21-,22-,24+,25-/m1/s1. The first-order chi connectivity index (χ1) is 18.0. The lowest BCUT2D eigenvalue weighted by Crippen LogP contribution is -2.49. The largest absolute Gasteiger partial charge is 0.508 e. The Hall–Kier alpha value is -3.27. The summed E-state index contributed by atoms with van der Waals surface area (Å²) in [6, 6.07) is 6.60. The van der Waals surface area contributed by atoms with Crippen LogP contribution in [-0.2, 0) is 9.47 Å². The molecule has 13 nitrogen and oxygen atoms in total. The van der Waals surface area contributed by atoms with Crippen LogP contribution in [0.3, 0.4) is 0 Å². The third-order valence-corrected chi connectivity index (χ3v) is 6.92. The van der Waals surface area contributed by atoms with Crippen LogP contribution in [0.25, 0.3) is 22.3 Å². The van der Waals surface area contributed by atoms with Crippen LogP contribution in [0.1, 0.15) is 23.3 Å². The fraction of sp³-hybridized carbons (Fsp3) is 0.400. The van der Waals surface area contributed by atoms with Gasteiger partial charge in [0.2, 0.25) is 0 Å². The molecule has 3 aromatic rings. The maximum Gasteiger partial charge on any atom is 0.197 e. The van der Waals surface area contributed by atoms with Crippen molar-refractivity contribution < 1.29 is 59.8 Å². The fourth-order valence-electron chi connectivity index (χ4n) is 4.83. The molecule has 5 rings (SSSR count). The van der Waals surface area contributed by atoms with Crippen LogP contribution in [-0.4, -0.2) is 95.8 Å². The predicted octanol–water partition coefficient (Wildman–Crippen LogP) is -1.12. The van der Waals surface area contributed by atoms with E-state index in [0.717, 1.165) is 6.07 Å². The SMILES string of the molecule is O=c1cc(-c2ccc(O)cc2)oc2c([C@H]3OC[C@@H](O)[C@@H](O)[C@H]3O)c(O)c([C@@H]3OC[C@@H](O)[C@@H](O)[C@H]3O)c(O)c12. The molecule has 2 aliphatic heterocycles. The van der Waals surface area contributed by atoms with Crippen molar-refractivity contribution in [3.05, 3.63) is 51.7 Å². The molecule has 0 aliphatic carbocycles. The first-order valence-corrected chi connectivity index (χ1v) is 11.7. The van der Waals surface area contributed by atoms with Crippen LogP contribution in [0.5, 0.6) is 17.2 Å². The Kier molecular flexibility index (Phi) is 6.79. The summed E-state index contributed by atoms with van der Waals surface area (Å²) in [4.78, 5) is 13.3. The highest BCUT2D eigenvalue weighted by molar-refractivity contribution is 5.91. The average Bonchev–Trinajstić information content (AvgIpc) is 2.88. The third-order valence-electron chi connectivity index (χ3n) is 6.92. The van der Waals surface area contributed by atoms with Crippen LogP contribution in [0.15, 0.2) is 39.5 Å². The van der Waals surface area contributed by atoms with Gasteiger partial charge in [-0.15, -0.1) is 0 Å². The van der Waals surface area contributed by atoms with Gasteiger partial charge in [0.05, 0.1) is 24.3 Å². The smallest absolute Gasteiger partial charge is 0.197 e. The minimum atomic E-state index is -1.85. The number of aliphatic hydroxyl groups excluding tert-OH is 6. The van der Waals surface area contributed by atoms with Crippen LogP contribution < -0.4 is 5.43 Å². The van der Waals surface area contributed by atoms with Gasteiger partial charge in [0.15, 0.2) is 11.0 Å². The summed E-state index contributed by atoms with van der Waals surface area (Å²) in [6.07, 6.45) is -13.3. The molecule has 0 bridgehead atoms. The third kappa shape index (κ3) is 4.19. The van der Waals surface area contributed by atoms with Crippen molar-refractivity contribution in [2.24, 2.45) is 0 Å². The van der Waals surface area contributed by atoms with Gasteiger partial charge in [-0.1, -0.05) is 0 Å². The van der Waals surface area contributed by atoms with Crippen LogP contribution in [0.4, 0.5) is 0 Å². The Bertz CT molecular complexity index is 1400. The van der Waals surface area contributed by atoms with Crippen molar-refractivity contribution in [2.75, 3.05) is 13.2 Å². The highest BCUT2D eigenvalue weighted by Gasteiger charge is 2.46.